The molecule has 0 bridgehead atoms. The second-order valence-electron chi connectivity index (χ2n) is 5.95. The van der Waals surface area contributed by atoms with Crippen LogP contribution < -0.4 is 15.5 Å². The molecule has 1 amide bonds. The second-order valence-corrected chi connectivity index (χ2v) is 5.95. The summed E-state index contributed by atoms with van der Waals surface area (Å²) in [7, 11) is 0. The molecule has 4 nitrogen and oxygen atoms in total. The van der Waals surface area contributed by atoms with Gasteiger partial charge in [0, 0.05) is 19.6 Å². The van der Waals surface area contributed by atoms with E-state index in [1.807, 2.05) is 24.3 Å². The Morgan fingerprint density at radius 2 is 1.96 bits per heavy atom. The van der Waals surface area contributed by atoms with Crippen LogP contribution in [0.5, 0.6) is 0 Å². The van der Waals surface area contributed by atoms with Gasteiger partial charge in [0.2, 0.25) is 5.91 Å². The lowest BCUT2D eigenvalue weighted by molar-refractivity contribution is -0.119. The highest BCUT2D eigenvalue weighted by Gasteiger charge is 2.16. The molecule has 2 aromatic rings. The van der Waals surface area contributed by atoms with E-state index in [1.54, 1.807) is 12.1 Å². The quantitative estimate of drug-likeness (QED) is 0.887. The largest absolute Gasteiger partial charge is 0.383 e. The molecule has 1 aliphatic heterocycles. The van der Waals surface area contributed by atoms with Crippen LogP contribution in [0.3, 0.4) is 0 Å². The molecule has 24 heavy (non-hydrogen) atoms. The molecule has 0 atom stereocenters. The van der Waals surface area contributed by atoms with Gasteiger partial charge in [-0.3, -0.25) is 4.79 Å². The minimum atomic E-state index is -0.240. The Morgan fingerprint density at radius 1 is 1.17 bits per heavy atom. The van der Waals surface area contributed by atoms with Gasteiger partial charge >= 0.3 is 0 Å². The van der Waals surface area contributed by atoms with Crippen LogP contribution in [0.25, 0.3) is 0 Å². The first-order chi connectivity index (χ1) is 11.7. The molecule has 0 radical (unpaired) electrons. The molecule has 0 saturated heterocycles. The third-order valence-electron chi connectivity index (χ3n) is 4.15. The lowest BCUT2D eigenvalue weighted by atomic mass is 10.1. The van der Waals surface area contributed by atoms with Gasteiger partial charge in [0.25, 0.3) is 0 Å². The van der Waals surface area contributed by atoms with Crippen molar-refractivity contribution in [2.75, 3.05) is 36.4 Å². The summed E-state index contributed by atoms with van der Waals surface area (Å²) < 4.78 is 12.9. The number of hydrogen-bond acceptors (Lipinski definition) is 3. The summed E-state index contributed by atoms with van der Waals surface area (Å²) >= 11 is 0. The fourth-order valence-electron chi connectivity index (χ4n) is 2.90. The summed E-state index contributed by atoms with van der Waals surface area (Å²) in [5, 5.41) is 6.34. The van der Waals surface area contributed by atoms with Gasteiger partial charge in [0.1, 0.15) is 5.82 Å². The van der Waals surface area contributed by atoms with E-state index < -0.39 is 0 Å². The zero-order chi connectivity index (χ0) is 16.8. The van der Waals surface area contributed by atoms with Crippen molar-refractivity contribution in [3.05, 3.63) is 59.9 Å². The first kappa shape index (κ1) is 16.3. The normalized spacial score (nSPS) is 13.6. The smallest absolute Gasteiger partial charge is 0.239 e. The average molecular weight is 327 g/mol. The highest BCUT2D eigenvalue weighted by atomic mass is 19.1. The van der Waals surface area contributed by atoms with Crippen molar-refractivity contribution in [1.82, 2.24) is 5.32 Å². The molecule has 0 aliphatic carbocycles. The number of fused-ring (bicyclic) bond motifs is 1. The van der Waals surface area contributed by atoms with Crippen LogP contribution in [0.15, 0.2) is 48.5 Å². The Morgan fingerprint density at radius 3 is 2.79 bits per heavy atom. The number of halogens is 1. The summed E-state index contributed by atoms with van der Waals surface area (Å²) in [5.74, 6) is -0.231. The molecule has 0 aromatic heterocycles. The van der Waals surface area contributed by atoms with Crippen LogP contribution in [-0.4, -0.2) is 32.1 Å². The molecule has 2 aromatic carbocycles. The maximum absolute atomic E-state index is 12.9. The van der Waals surface area contributed by atoms with Crippen LogP contribution in [0.1, 0.15) is 12.0 Å². The van der Waals surface area contributed by atoms with E-state index in [9.17, 15) is 9.18 Å². The van der Waals surface area contributed by atoms with Gasteiger partial charge in [-0.15, -0.1) is 0 Å². The van der Waals surface area contributed by atoms with Crippen LogP contribution in [-0.2, 0) is 11.2 Å². The first-order valence-electron chi connectivity index (χ1n) is 8.31. The molecule has 0 unspecified atom stereocenters. The first-order valence-corrected chi connectivity index (χ1v) is 8.31. The van der Waals surface area contributed by atoms with Gasteiger partial charge in [-0.1, -0.05) is 24.3 Å². The standard InChI is InChI=1S/C19H22FN3O/c20-16-8-6-15(7-9-16)10-12-22-19(24)14-23-13-3-11-21-17-4-1-2-5-18(17)23/h1-2,4-9,21H,3,10-14H2,(H,22,24). The van der Waals surface area contributed by atoms with Crippen molar-refractivity contribution in [3.63, 3.8) is 0 Å². The number of rotatable bonds is 5. The summed E-state index contributed by atoms with van der Waals surface area (Å²) in [5.41, 5.74) is 3.17. The Labute approximate surface area is 141 Å². The molecule has 0 saturated carbocycles. The maximum atomic E-state index is 12.9. The highest BCUT2D eigenvalue weighted by Crippen LogP contribution is 2.27. The van der Waals surface area contributed by atoms with Crippen LogP contribution in [0, 0.1) is 5.82 Å². The third-order valence-corrected chi connectivity index (χ3v) is 4.15. The summed E-state index contributed by atoms with van der Waals surface area (Å²) in [6.45, 7) is 2.68. The molecule has 1 aliphatic rings. The number of carbonyl (C=O) groups is 1. The van der Waals surface area contributed by atoms with Gasteiger partial charge in [-0.25, -0.2) is 4.39 Å². The van der Waals surface area contributed by atoms with Crippen molar-refractivity contribution in [1.29, 1.82) is 0 Å². The lowest BCUT2D eigenvalue weighted by Gasteiger charge is -2.23. The van der Waals surface area contributed by atoms with Crippen LogP contribution in [0.4, 0.5) is 15.8 Å². The molecule has 1 heterocycles. The number of anilines is 2. The number of para-hydroxylation sites is 2. The topological polar surface area (TPSA) is 44.4 Å². The fourth-order valence-corrected chi connectivity index (χ4v) is 2.90. The van der Waals surface area contributed by atoms with E-state index in [-0.39, 0.29) is 11.7 Å². The van der Waals surface area contributed by atoms with E-state index >= 15 is 0 Å². The zero-order valence-corrected chi connectivity index (χ0v) is 13.6. The van der Waals surface area contributed by atoms with Gasteiger partial charge in [-0.05, 0) is 42.7 Å². The molecule has 0 spiro atoms. The number of nitrogens with one attached hydrogen (secondary N) is 2. The van der Waals surface area contributed by atoms with E-state index in [1.165, 1.54) is 12.1 Å². The van der Waals surface area contributed by atoms with E-state index in [0.717, 1.165) is 36.4 Å². The van der Waals surface area contributed by atoms with Gasteiger partial charge in [0.15, 0.2) is 0 Å². The maximum Gasteiger partial charge on any atom is 0.239 e. The minimum absolute atomic E-state index is 0.00816. The van der Waals surface area contributed by atoms with E-state index in [4.69, 9.17) is 0 Å². The van der Waals surface area contributed by atoms with Crippen molar-refractivity contribution in [2.24, 2.45) is 0 Å². The van der Waals surface area contributed by atoms with Crippen molar-refractivity contribution in [2.45, 2.75) is 12.8 Å². The highest BCUT2D eigenvalue weighted by molar-refractivity contribution is 5.83. The number of benzene rings is 2. The molecule has 5 heteroatoms. The second kappa shape index (κ2) is 7.81. The Hall–Kier alpha value is -2.56. The van der Waals surface area contributed by atoms with E-state index in [0.29, 0.717) is 19.5 Å². The van der Waals surface area contributed by atoms with Gasteiger partial charge < -0.3 is 15.5 Å². The van der Waals surface area contributed by atoms with Gasteiger partial charge in [0.05, 0.1) is 17.9 Å². The van der Waals surface area contributed by atoms with Crippen molar-refractivity contribution in [3.8, 4) is 0 Å². The SMILES string of the molecule is O=C(CN1CCCNc2ccccc21)NCCc1ccc(F)cc1. The fraction of sp³-hybridized carbons (Fsp3) is 0.316. The zero-order valence-electron chi connectivity index (χ0n) is 13.6. The molecular weight excluding hydrogens is 305 g/mol. The number of nitrogens with zero attached hydrogens (tertiary/aromatic N) is 1. The van der Waals surface area contributed by atoms with Crippen molar-refractivity contribution < 1.29 is 9.18 Å². The Bertz CT molecular complexity index is 687. The molecule has 0 fully saturated rings. The average Bonchev–Trinajstić information content (AvgIpc) is 2.79. The Balaban J connectivity index is 1.52. The van der Waals surface area contributed by atoms with Crippen molar-refractivity contribution >= 4 is 17.3 Å². The van der Waals surface area contributed by atoms with Crippen LogP contribution >= 0.6 is 0 Å². The molecule has 126 valence electrons. The molecule has 2 N–H and O–H groups in total. The lowest BCUT2D eigenvalue weighted by Crippen LogP contribution is -2.38. The predicted molar refractivity (Wildman–Crippen MR) is 94.9 cm³/mol. The summed E-state index contributed by atoms with van der Waals surface area (Å²) in [4.78, 5) is 14.4. The van der Waals surface area contributed by atoms with E-state index in [2.05, 4.69) is 15.5 Å². The Kier molecular flexibility index (Phi) is 5.31. The molecular formula is C19H22FN3O. The molecule has 3 rings (SSSR count). The number of amides is 1. The monoisotopic (exact) mass is 327 g/mol. The number of hydrogen-bond donors (Lipinski definition) is 2. The third kappa shape index (κ3) is 4.25. The predicted octanol–water partition coefficient (Wildman–Crippen LogP) is 2.81. The number of carbonyl (C=O) groups excluding carboxylic acids is 1. The minimum Gasteiger partial charge on any atom is -0.383 e. The van der Waals surface area contributed by atoms with Crippen LogP contribution in [0.2, 0.25) is 0 Å². The summed E-state index contributed by atoms with van der Waals surface area (Å²) in [6, 6.07) is 14.5. The summed E-state index contributed by atoms with van der Waals surface area (Å²) in [6.07, 6.45) is 1.70. The van der Waals surface area contributed by atoms with Gasteiger partial charge in [-0.2, -0.15) is 0 Å².